The normalized spacial score (nSPS) is 12.0. The van der Waals surface area contributed by atoms with Crippen molar-refractivity contribution in [3.05, 3.63) is 29.6 Å². The van der Waals surface area contributed by atoms with Crippen LogP contribution in [0.15, 0.2) is 18.2 Å². The quantitative estimate of drug-likeness (QED) is 0.517. The van der Waals surface area contributed by atoms with E-state index < -0.39 is 17.9 Å². The van der Waals surface area contributed by atoms with Crippen LogP contribution in [0, 0.1) is 5.82 Å². The molecule has 0 N–H and O–H groups in total. The summed E-state index contributed by atoms with van der Waals surface area (Å²) in [7, 11) is 1.47. The Morgan fingerprint density at radius 1 is 1.29 bits per heavy atom. The summed E-state index contributed by atoms with van der Waals surface area (Å²) in [6.07, 6.45) is -0.503. The number of esters is 1. The van der Waals surface area contributed by atoms with Crippen LogP contribution in [-0.4, -0.2) is 39.2 Å². The van der Waals surface area contributed by atoms with Gasteiger partial charge in [0.1, 0.15) is 11.6 Å². The first-order valence-electron chi connectivity index (χ1n) is 6.80. The second kappa shape index (κ2) is 9.31. The predicted octanol–water partition coefficient (Wildman–Crippen LogP) is 2.32. The van der Waals surface area contributed by atoms with Crippen LogP contribution in [0.2, 0.25) is 0 Å². The second-order valence-electron chi connectivity index (χ2n) is 4.20. The number of benzene rings is 1. The van der Waals surface area contributed by atoms with Gasteiger partial charge in [-0.25, -0.2) is 9.18 Å². The molecule has 1 rings (SSSR count). The monoisotopic (exact) mass is 300 g/mol. The zero-order valence-corrected chi connectivity index (χ0v) is 12.6. The minimum Gasteiger partial charge on any atom is -0.467 e. The van der Waals surface area contributed by atoms with Gasteiger partial charge in [-0.1, -0.05) is 6.07 Å². The molecule has 1 aromatic rings. The Bertz CT molecular complexity index is 450. The summed E-state index contributed by atoms with van der Waals surface area (Å²) in [5, 5.41) is 0. The van der Waals surface area contributed by atoms with Gasteiger partial charge < -0.3 is 18.9 Å². The van der Waals surface area contributed by atoms with Gasteiger partial charge in [-0.05, 0) is 25.5 Å². The highest BCUT2D eigenvalue weighted by atomic mass is 19.1. The molecule has 1 unspecified atom stereocenters. The summed E-state index contributed by atoms with van der Waals surface area (Å²) in [4.78, 5) is 11.8. The number of carbonyl (C=O) groups is 1. The lowest BCUT2D eigenvalue weighted by Crippen LogP contribution is -2.29. The number of halogens is 1. The van der Waals surface area contributed by atoms with Gasteiger partial charge in [0.05, 0.1) is 6.61 Å². The molecule has 0 bridgehead atoms. The van der Waals surface area contributed by atoms with E-state index >= 15 is 0 Å². The molecule has 0 heterocycles. The van der Waals surface area contributed by atoms with E-state index in [4.69, 9.17) is 18.9 Å². The van der Waals surface area contributed by atoms with Crippen LogP contribution in [0.5, 0.6) is 5.75 Å². The average molecular weight is 300 g/mol. The number of hydrogen-bond donors (Lipinski definition) is 0. The van der Waals surface area contributed by atoms with E-state index in [1.165, 1.54) is 19.2 Å². The summed E-state index contributed by atoms with van der Waals surface area (Å²) < 4.78 is 33.8. The molecule has 118 valence electrons. The summed E-state index contributed by atoms with van der Waals surface area (Å²) >= 11 is 0. The first-order chi connectivity index (χ1) is 10.1. The zero-order chi connectivity index (χ0) is 15.7. The molecule has 0 fully saturated rings. The molecule has 0 aromatic heterocycles. The molecule has 0 amide bonds. The van der Waals surface area contributed by atoms with Crippen LogP contribution >= 0.6 is 0 Å². The van der Waals surface area contributed by atoms with Gasteiger partial charge >= 0.3 is 5.97 Å². The van der Waals surface area contributed by atoms with Crippen LogP contribution < -0.4 is 4.74 Å². The summed E-state index contributed by atoms with van der Waals surface area (Å²) in [5.41, 5.74) is 0.653. The maximum absolute atomic E-state index is 13.3. The number of carbonyl (C=O) groups excluding carboxylic acids is 1. The minimum absolute atomic E-state index is 0.00480. The predicted molar refractivity (Wildman–Crippen MR) is 74.7 cm³/mol. The highest BCUT2D eigenvalue weighted by molar-refractivity contribution is 5.75. The van der Waals surface area contributed by atoms with Gasteiger partial charge in [0.25, 0.3) is 0 Å². The van der Waals surface area contributed by atoms with Gasteiger partial charge in [-0.2, -0.15) is 0 Å². The first-order valence-corrected chi connectivity index (χ1v) is 6.80. The lowest BCUT2D eigenvalue weighted by atomic mass is 10.1. The topological polar surface area (TPSA) is 54.0 Å². The van der Waals surface area contributed by atoms with Gasteiger partial charge in [0.2, 0.25) is 0 Å². The van der Waals surface area contributed by atoms with E-state index in [9.17, 15) is 9.18 Å². The van der Waals surface area contributed by atoms with Crippen molar-refractivity contribution in [3.8, 4) is 5.75 Å². The van der Waals surface area contributed by atoms with E-state index in [1.807, 2.05) is 0 Å². The SMILES string of the molecule is CCOC(=O)C(Cc1ccc(F)cc1OCOC)OCC. The molecule has 0 spiro atoms. The van der Waals surface area contributed by atoms with Gasteiger partial charge in [0, 0.05) is 26.2 Å². The molecular formula is C15H21FO5. The number of hydrogen-bond acceptors (Lipinski definition) is 5. The first kappa shape index (κ1) is 17.4. The molecule has 0 saturated heterocycles. The molecule has 5 nitrogen and oxygen atoms in total. The van der Waals surface area contributed by atoms with E-state index in [0.717, 1.165) is 0 Å². The summed E-state index contributed by atoms with van der Waals surface area (Å²) in [6, 6.07) is 4.12. The molecule has 0 aliphatic rings. The summed E-state index contributed by atoms with van der Waals surface area (Å²) in [6.45, 7) is 4.16. The van der Waals surface area contributed by atoms with E-state index in [1.54, 1.807) is 19.9 Å². The molecule has 1 aromatic carbocycles. The molecule has 6 heteroatoms. The Kier molecular flexibility index (Phi) is 7.71. The number of methoxy groups -OCH3 is 1. The van der Waals surface area contributed by atoms with E-state index in [2.05, 4.69) is 0 Å². The largest absolute Gasteiger partial charge is 0.467 e. The zero-order valence-electron chi connectivity index (χ0n) is 12.6. The Labute approximate surface area is 123 Å². The molecule has 0 aliphatic heterocycles. The fourth-order valence-corrected chi connectivity index (χ4v) is 1.80. The standard InChI is InChI=1S/C15H21FO5/c1-4-19-14(15(17)20-5-2)8-11-6-7-12(16)9-13(11)21-10-18-3/h6-7,9,14H,4-5,8,10H2,1-3H3. The van der Waals surface area contributed by atoms with Crippen molar-refractivity contribution in [3.63, 3.8) is 0 Å². The Balaban J connectivity index is 2.88. The molecule has 21 heavy (non-hydrogen) atoms. The smallest absolute Gasteiger partial charge is 0.335 e. The molecular weight excluding hydrogens is 279 g/mol. The molecule has 0 radical (unpaired) electrons. The average Bonchev–Trinajstić information content (AvgIpc) is 2.47. The van der Waals surface area contributed by atoms with Crippen molar-refractivity contribution in [2.75, 3.05) is 27.1 Å². The van der Waals surface area contributed by atoms with Crippen LogP contribution in [0.3, 0.4) is 0 Å². The van der Waals surface area contributed by atoms with Gasteiger partial charge in [-0.15, -0.1) is 0 Å². The molecule has 1 atom stereocenters. The third-order valence-electron chi connectivity index (χ3n) is 2.68. The van der Waals surface area contributed by atoms with Crippen molar-refractivity contribution < 1.29 is 28.1 Å². The maximum Gasteiger partial charge on any atom is 0.335 e. The van der Waals surface area contributed by atoms with Gasteiger partial charge in [0.15, 0.2) is 12.9 Å². The third-order valence-corrected chi connectivity index (χ3v) is 2.68. The number of rotatable bonds is 9. The molecule has 0 saturated carbocycles. The fraction of sp³-hybridized carbons (Fsp3) is 0.533. The van der Waals surface area contributed by atoms with Gasteiger partial charge in [-0.3, -0.25) is 0 Å². The highest BCUT2D eigenvalue weighted by Crippen LogP contribution is 2.22. The van der Waals surface area contributed by atoms with Crippen molar-refractivity contribution in [2.45, 2.75) is 26.4 Å². The van der Waals surface area contributed by atoms with Crippen molar-refractivity contribution in [1.29, 1.82) is 0 Å². The van der Waals surface area contributed by atoms with Crippen LogP contribution in [0.25, 0.3) is 0 Å². The lowest BCUT2D eigenvalue weighted by Gasteiger charge is -2.17. The van der Waals surface area contributed by atoms with Crippen molar-refractivity contribution in [1.82, 2.24) is 0 Å². The summed E-state index contributed by atoms with van der Waals surface area (Å²) in [5.74, 6) is -0.541. The van der Waals surface area contributed by atoms with Crippen molar-refractivity contribution >= 4 is 5.97 Å². The highest BCUT2D eigenvalue weighted by Gasteiger charge is 2.22. The Hall–Kier alpha value is -1.66. The van der Waals surface area contributed by atoms with E-state index in [0.29, 0.717) is 17.9 Å². The number of ether oxygens (including phenoxy) is 4. The maximum atomic E-state index is 13.3. The van der Waals surface area contributed by atoms with Crippen molar-refractivity contribution in [2.24, 2.45) is 0 Å². The Morgan fingerprint density at radius 2 is 2.05 bits per heavy atom. The Morgan fingerprint density at radius 3 is 2.67 bits per heavy atom. The fourth-order valence-electron chi connectivity index (χ4n) is 1.80. The minimum atomic E-state index is -0.745. The third kappa shape index (κ3) is 5.69. The second-order valence-corrected chi connectivity index (χ2v) is 4.20. The van der Waals surface area contributed by atoms with Crippen LogP contribution in [0.4, 0.5) is 4.39 Å². The van der Waals surface area contributed by atoms with Crippen LogP contribution in [0.1, 0.15) is 19.4 Å². The molecule has 0 aliphatic carbocycles. The van der Waals surface area contributed by atoms with Crippen LogP contribution in [-0.2, 0) is 25.4 Å². The van der Waals surface area contributed by atoms with E-state index in [-0.39, 0.29) is 19.8 Å². The lowest BCUT2D eigenvalue weighted by molar-refractivity contribution is -0.156.